The number of amides is 1. The standard InChI is InChI=1S/C21H24N2O5/c1-4-26-19-10-14-9-13(2)28-18(14)11-17(19)23-20(24)12-27-21(25)15-7-5-6-8-16(15)22-3/h5-8,10-11,13,22H,4,9,12H2,1-3H3,(H,23,24)/t13-/m0/s1. The van der Waals surface area contributed by atoms with E-state index in [0.29, 0.717) is 29.3 Å². The SMILES string of the molecule is CCOc1cc2c(cc1NC(=O)COC(=O)c1ccccc1NC)O[C@@H](C)C2. The van der Waals surface area contributed by atoms with E-state index >= 15 is 0 Å². The number of ether oxygens (including phenoxy) is 3. The number of carbonyl (C=O) groups is 2. The minimum Gasteiger partial charge on any atom is -0.492 e. The molecular weight excluding hydrogens is 360 g/mol. The van der Waals surface area contributed by atoms with Gasteiger partial charge in [-0.2, -0.15) is 0 Å². The van der Waals surface area contributed by atoms with Gasteiger partial charge in [-0.3, -0.25) is 4.79 Å². The van der Waals surface area contributed by atoms with Gasteiger partial charge < -0.3 is 24.8 Å². The van der Waals surface area contributed by atoms with Crippen LogP contribution in [-0.4, -0.2) is 38.2 Å². The molecule has 1 heterocycles. The zero-order chi connectivity index (χ0) is 20.1. The van der Waals surface area contributed by atoms with Crippen molar-refractivity contribution in [2.24, 2.45) is 0 Å². The van der Waals surface area contributed by atoms with E-state index in [-0.39, 0.29) is 6.10 Å². The van der Waals surface area contributed by atoms with Crippen molar-refractivity contribution in [3.63, 3.8) is 0 Å². The Bertz CT molecular complexity index is 881. The van der Waals surface area contributed by atoms with Crippen molar-refractivity contribution >= 4 is 23.3 Å². The highest BCUT2D eigenvalue weighted by Gasteiger charge is 2.23. The van der Waals surface area contributed by atoms with Gasteiger partial charge in [-0.05, 0) is 32.0 Å². The molecule has 7 heteroatoms. The zero-order valence-electron chi connectivity index (χ0n) is 16.2. The van der Waals surface area contributed by atoms with E-state index in [1.54, 1.807) is 37.4 Å². The molecule has 7 nitrogen and oxygen atoms in total. The normalized spacial score (nSPS) is 14.6. The van der Waals surface area contributed by atoms with Gasteiger partial charge in [0, 0.05) is 30.8 Å². The van der Waals surface area contributed by atoms with Gasteiger partial charge in [0.2, 0.25) is 0 Å². The first-order chi connectivity index (χ1) is 13.5. The van der Waals surface area contributed by atoms with E-state index in [1.165, 1.54) is 0 Å². The Morgan fingerprint density at radius 2 is 2.00 bits per heavy atom. The second-order valence-electron chi connectivity index (χ2n) is 6.44. The molecule has 0 saturated heterocycles. The third-order valence-corrected chi connectivity index (χ3v) is 4.32. The molecule has 2 aromatic rings. The number of anilines is 2. The number of benzene rings is 2. The van der Waals surface area contributed by atoms with E-state index in [4.69, 9.17) is 14.2 Å². The maximum Gasteiger partial charge on any atom is 0.340 e. The Morgan fingerprint density at radius 3 is 2.75 bits per heavy atom. The molecule has 2 aromatic carbocycles. The fourth-order valence-electron chi connectivity index (χ4n) is 3.09. The maximum atomic E-state index is 12.3. The molecule has 148 valence electrons. The molecule has 0 radical (unpaired) electrons. The smallest absolute Gasteiger partial charge is 0.340 e. The van der Waals surface area contributed by atoms with Gasteiger partial charge in [0.15, 0.2) is 6.61 Å². The molecule has 0 unspecified atom stereocenters. The molecular formula is C21H24N2O5. The lowest BCUT2D eigenvalue weighted by Gasteiger charge is -2.14. The highest BCUT2D eigenvalue weighted by atomic mass is 16.5. The molecule has 28 heavy (non-hydrogen) atoms. The summed E-state index contributed by atoms with van der Waals surface area (Å²) in [6, 6.07) is 10.6. The van der Waals surface area contributed by atoms with Crippen LogP contribution in [0.3, 0.4) is 0 Å². The van der Waals surface area contributed by atoms with Gasteiger partial charge >= 0.3 is 5.97 Å². The van der Waals surface area contributed by atoms with Crippen LogP contribution in [0.15, 0.2) is 36.4 Å². The van der Waals surface area contributed by atoms with Crippen molar-refractivity contribution in [1.29, 1.82) is 0 Å². The summed E-state index contributed by atoms with van der Waals surface area (Å²) in [7, 11) is 1.71. The molecule has 0 bridgehead atoms. The van der Waals surface area contributed by atoms with Crippen LogP contribution in [0.4, 0.5) is 11.4 Å². The number of esters is 1. The lowest BCUT2D eigenvalue weighted by molar-refractivity contribution is -0.119. The minimum atomic E-state index is -0.573. The number of nitrogens with one attached hydrogen (secondary N) is 2. The van der Waals surface area contributed by atoms with E-state index in [0.717, 1.165) is 17.7 Å². The molecule has 0 spiro atoms. The minimum absolute atomic E-state index is 0.0867. The van der Waals surface area contributed by atoms with E-state index in [1.807, 2.05) is 19.9 Å². The maximum absolute atomic E-state index is 12.3. The summed E-state index contributed by atoms with van der Waals surface area (Å²) in [5.74, 6) is 0.267. The highest BCUT2D eigenvalue weighted by molar-refractivity contribution is 5.99. The molecule has 0 saturated carbocycles. The molecule has 1 aliphatic rings. The second kappa shape index (κ2) is 8.65. The Kier molecular flexibility index (Phi) is 6.03. The molecule has 2 N–H and O–H groups in total. The molecule has 1 atom stereocenters. The Hall–Kier alpha value is -3.22. The van der Waals surface area contributed by atoms with Crippen LogP contribution in [-0.2, 0) is 16.0 Å². The largest absolute Gasteiger partial charge is 0.492 e. The van der Waals surface area contributed by atoms with Crippen LogP contribution >= 0.6 is 0 Å². The van der Waals surface area contributed by atoms with E-state index < -0.39 is 18.5 Å². The topological polar surface area (TPSA) is 85.9 Å². The van der Waals surface area contributed by atoms with Crippen molar-refractivity contribution in [2.45, 2.75) is 26.4 Å². The zero-order valence-corrected chi connectivity index (χ0v) is 16.2. The van der Waals surface area contributed by atoms with E-state index in [9.17, 15) is 9.59 Å². The first-order valence-electron chi connectivity index (χ1n) is 9.22. The van der Waals surface area contributed by atoms with Crippen molar-refractivity contribution in [3.8, 4) is 11.5 Å². The Balaban J connectivity index is 1.66. The fourth-order valence-corrected chi connectivity index (χ4v) is 3.09. The average molecular weight is 384 g/mol. The molecule has 3 rings (SSSR count). The highest BCUT2D eigenvalue weighted by Crippen LogP contribution is 2.38. The number of fused-ring (bicyclic) bond motifs is 1. The molecule has 0 aliphatic carbocycles. The van der Waals surface area contributed by atoms with E-state index in [2.05, 4.69) is 10.6 Å². The summed E-state index contributed by atoms with van der Waals surface area (Å²) in [6.07, 6.45) is 0.884. The van der Waals surface area contributed by atoms with Crippen molar-refractivity contribution in [1.82, 2.24) is 0 Å². The summed E-state index contributed by atoms with van der Waals surface area (Å²) in [6.45, 7) is 3.92. The summed E-state index contributed by atoms with van der Waals surface area (Å²) in [5.41, 5.74) is 2.54. The quantitative estimate of drug-likeness (QED) is 0.713. The number of hydrogen-bond acceptors (Lipinski definition) is 6. The summed E-state index contributed by atoms with van der Waals surface area (Å²) < 4.78 is 16.5. The molecule has 1 amide bonds. The summed E-state index contributed by atoms with van der Waals surface area (Å²) in [5, 5.41) is 5.66. The Labute approximate surface area is 164 Å². The summed E-state index contributed by atoms with van der Waals surface area (Å²) >= 11 is 0. The van der Waals surface area contributed by atoms with Crippen LogP contribution in [0.5, 0.6) is 11.5 Å². The molecule has 1 aliphatic heterocycles. The fraction of sp³-hybridized carbons (Fsp3) is 0.333. The number of carbonyl (C=O) groups excluding carboxylic acids is 2. The van der Waals surface area contributed by atoms with Crippen LogP contribution in [0.1, 0.15) is 29.8 Å². The Morgan fingerprint density at radius 1 is 1.21 bits per heavy atom. The van der Waals surface area contributed by atoms with Crippen LogP contribution in [0.2, 0.25) is 0 Å². The van der Waals surface area contributed by atoms with Crippen LogP contribution < -0.4 is 20.1 Å². The van der Waals surface area contributed by atoms with Crippen molar-refractivity contribution < 1.29 is 23.8 Å². The lowest BCUT2D eigenvalue weighted by Crippen LogP contribution is -2.21. The first kappa shape index (κ1) is 19.5. The molecule has 0 fully saturated rings. The van der Waals surface area contributed by atoms with Gasteiger partial charge in [0.25, 0.3) is 5.91 Å². The van der Waals surface area contributed by atoms with Gasteiger partial charge in [0.05, 0.1) is 17.9 Å². The second-order valence-corrected chi connectivity index (χ2v) is 6.44. The first-order valence-corrected chi connectivity index (χ1v) is 9.22. The molecule has 0 aromatic heterocycles. The van der Waals surface area contributed by atoms with Crippen LogP contribution in [0, 0.1) is 0 Å². The van der Waals surface area contributed by atoms with Crippen molar-refractivity contribution in [2.75, 3.05) is 30.9 Å². The third kappa shape index (κ3) is 4.36. The number of para-hydroxylation sites is 1. The van der Waals surface area contributed by atoms with Gasteiger partial charge in [-0.1, -0.05) is 12.1 Å². The van der Waals surface area contributed by atoms with Gasteiger partial charge in [-0.25, -0.2) is 4.79 Å². The van der Waals surface area contributed by atoms with Crippen LogP contribution in [0.25, 0.3) is 0 Å². The summed E-state index contributed by atoms with van der Waals surface area (Å²) in [4.78, 5) is 24.6. The number of rotatable bonds is 7. The predicted octanol–water partition coefficient (Wildman–Crippen LogP) is 3.25. The monoisotopic (exact) mass is 384 g/mol. The van der Waals surface area contributed by atoms with Gasteiger partial charge in [-0.15, -0.1) is 0 Å². The lowest BCUT2D eigenvalue weighted by atomic mass is 10.1. The van der Waals surface area contributed by atoms with Crippen molar-refractivity contribution in [3.05, 3.63) is 47.5 Å². The number of hydrogen-bond donors (Lipinski definition) is 2. The van der Waals surface area contributed by atoms with Gasteiger partial charge in [0.1, 0.15) is 17.6 Å². The third-order valence-electron chi connectivity index (χ3n) is 4.32. The predicted molar refractivity (Wildman–Crippen MR) is 106 cm³/mol. The average Bonchev–Trinajstić information content (AvgIpc) is 3.05.